The van der Waals surface area contributed by atoms with Crippen molar-refractivity contribution in [2.24, 2.45) is 0 Å². The Bertz CT molecular complexity index is 1360. The van der Waals surface area contributed by atoms with Gasteiger partial charge in [-0.25, -0.2) is 4.79 Å². The Kier molecular flexibility index (Phi) is 6.39. The predicted octanol–water partition coefficient (Wildman–Crippen LogP) is 3.15. The molecule has 33 heavy (non-hydrogen) atoms. The first-order valence-corrected chi connectivity index (χ1v) is 9.94. The van der Waals surface area contributed by atoms with Crippen LogP contribution in [0.5, 0.6) is 11.5 Å². The molecule has 0 saturated carbocycles. The van der Waals surface area contributed by atoms with Crippen molar-refractivity contribution in [1.82, 2.24) is 15.0 Å². The maximum Gasteiger partial charge on any atom is 0.336 e. The van der Waals surface area contributed by atoms with Crippen molar-refractivity contribution in [3.8, 4) is 11.5 Å². The van der Waals surface area contributed by atoms with Crippen LogP contribution in [0.2, 0.25) is 0 Å². The second kappa shape index (κ2) is 9.73. The molecule has 0 radical (unpaired) electrons. The van der Waals surface area contributed by atoms with Crippen LogP contribution in [0.4, 0.5) is 5.69 Å². The average Bonchev–Trinajstić information content (AvgIpc) is 3.27. The molecular weight excluding hydrogens is 432 g/mol. The normalized spacial score (nSPS) is 10.8. The lowest BCUT2D eigenvalue weighted by Crippen LogP contribution is -2.05. The van der Waals surface area contributed by atoms with Gasteiger partial charge >= 0.3 is 5.63 Å². The molecule has 4 aromatic rings. The van der Waals surface area contributed by atoms with Gasteiger partial charge in [0.25, 0.3) is 5.69 Å². The highest BCUT2D eigenvalue weighted by Crippen LogP contribution is 2.23. The van der Waals surface area contributed by atoms with Crippen molar-refractivity contribution in [2.75, 3.05) is 6.61 Å². The van der Waals surface area contributed by atoms with Crippen LogP contribution in [0.1, 0.15) is 22.5 Å². The first kappa shape index (κ1) is 21.7. The predicted molar refractivity (Wildman–Crippen MR) is 115 cm³/mol. The third-order valence-corrected chi connectivity index (χ3v) is 4.69. The van der Waals surface area contributed by atoms with E-state index < -0.39 is 10.5 Å². The minimum absolute atomic E-state index is 0.0530. The number of non-ortho nitro benzene ring substituents is 1. The molecule has 4 rings (SSSR count). The number of nitrogens with zero attached hydrogens (tertiary/aromatic N) is 4. The van der Waals surface area contributed by atoms with Gasteiger partial charge < -0.3 is 13.9 Å². The van der Waals surface area contributed by atoms with Gasteiger partial charge in [0.05, 0.1) is 23.3 Å². The molecule has 2 aromatic carbocycles. The molecular formula is C22H18N4O7. The van der Waals surface area contributed by atoms with Crippen LogP contribution < -0.4 is 15.1 Å². The van der Waals surface area contributed by atoms with Crippen molar-refractivity contribution < 1.29 is 23.6 Å². The number of fused-ring (bicyclic) bond motifs is 1. The summed E-state index contributed by atoms with van der Waals surface area (Å²) in [5.74, 6) is 0.823. The zero-order chi connectivity index (χ0) is 23.2. The van der Waals surface area contributed by atoms with E-state index in [1.54, 1.807) is 29.1 Å². The number of ether oxygens (including phenoxy) is 2. The SMILES string of the molecule is O=Cc1cc([N+](=O)[O-])ccc1OCc1cn(CCCOc2ccc3ccc(=O)oc3c2)nn1. The lowest BCUT2D eigenvalue weighted by molar-refractivity contribution is -0.384. The Balaban J connectivity index is 1.27. The van der Waals surface area contributed by atoms with Crippen molar-refractivity contribution in [3.63, 3.8) is 0 Å². The van der Waals surface area contributed by atoms with Crippen LogP contribution in [0.25, 0.3) is 11.0 Å². The Morgan fingerprint density at radius 2 is 1.97 bits per heavy atom. The number of aromatic nitrogens is 3. The Morgan fingerprint density at radius 1 is 1.12 bits per heavy atom. The molecule has 0 N–H and O–H groups in total. The molecule has 2 heterocycles. The van der Waals surface area contributed by atoms with Gasteiger partial charge in [-0.15, -0.1) is 5.10 Å². The molecule has 0 atom stereocenters. The minimum atomic E-state index is -0.580. The van der Waals surface area contributed by atoms with Gasteiger partial charge in [-0.3, -0.25) is 19.6 Å². The lowest BCUT2D eigenvalue weighted by atomic mass is 10.2. The van der Waals surface area contributed by atoms with Crippen LogP contribution in [0, 0.1) is 10.1 Å². The van der Waals surface area contributed by atoms with E-state index in [0.717, 1.165) is 11.5 Å². The van der Waals surface area contributed by atoms with Crippen LogP contribution in [-0.4, -0.2) is 32.8 Å². The smallest absolute Gasteiger partial charge is 0.336 e. The zero-order valence-corrected chi connectivity index (χ0v) is 17.2. The van der Waals surface area contributed by atoms with Gasteiger partial charge in [0.2, 0.25) is 0 Å². The van der Waals surface area contributed by atoms with E-state index >= 15 is 0 Å². The number of hydrogen-bond acceptors (Lipinski definition) is 9. The molecule has 2 aromatic heterocycles. The summed E-state index contributed by atoms with van der Waals surface area (Å²) in [6.45, 7) is 1.02. The van der Waals surface area contributed by atoms with Crippen molar-refractivity contribution in [2.45, 2.75) is 19.6 Å². The number of carbonyl (C=O) groups is 1. The maximum atomic E-state index is 11.3. The summed E-state index contributed by atoms with van der Waals surface area (Å²) in [5.41, 5.74) is 0.483. The lowest BCUT2D eigenvalue weighted by Gasteiger charge is -2.07. The number of aryl methyl sites for hydroxylation is 1. The van der Waals surface area contributed by atoms with Crippen molar-refractivity contribution in [1.29, 1.82) is 0 Å². The first-order chi connectivity index (χ1) is 16.0. The first-order valence-electron chi connectivity index (χ1n) is 9.94. The number of rotatable bonds is 10. The molecule has 11 heteroatoms. The molecule has 11 nitrogen and oxygen atoms in total. The molecule has 0 fully saturated rings. The third-order valence-electron chi connectivity index (χ3n) is 4.69. The van der Waals surface area contributed by atoms with Crippen LogP contribution >= 0.6 is 0 Å². The highest BCUT2D eigenvalue weighted by Gasteiger charge is 2.12. The van der Waals surface area contributed by atoms with Gasteiger partial charge in [-0.2, -0.15) is 0 Å². The monoisotopic (exact) mass is 450 g/mol. The number of carbonyl (C=O) groups excluding carboxylic acids is 1. The molecule has 0 aliphatic rings. The second-order valence-electron chi connectivity index (χ2n) is 7.01. The topological polar surface area (TPSA) is 140 Å². The summed E-state index contributed by atoms with van der Waals surface area (Å²) in [5, 5.41) is 19.7. The largest absolute Gasteiger partial charge is 0.493 e. The molecule has 0 amide bonds. The quantitative estimate of drug-likeness (QED) is 0.117. The number of benzene rings is 2. The van der Waals surface area contributed by atoms with Gasteiger partial charge in [0.1, 0.15) is 29.4 Å². The Morgan fingerprint density at radius 3 is 2.79 bits per heavy atom. The number of hydrogen-bond donors (Lipinski definition) is 0. The standard InChI is InChI=1S/C22H18N4O7/c27-13-16-10-18(26(29)30)4-6-20(16)32-14-17-12-25(24-23-17)8-1-9-31-19-5-2-15-3-7-22(28)33-21(15)11-19/h2-7,10-13H,1,8-9,14H2. The third kappa shape index (κ3) is 5.39. The van der Waals surface area contributed by atoms with Crippen LogP contribution in [-0.2, 0) is 13.2 Å². The molecule has 0 unspecified atom stereocenters. The fraction of sp³-hybridized carbons (Fsp3) is 0.182. The van der Waals surface area contributed by atoms with Crippen LogP contribution in [0.15, 0.2) is 63.9 Å². The molecule has 0 aliphatic heterocycles. The summed E-state index contributed by atoms with van der Waals surface area (Å²) < 4.78 is 18.1. The summed E-state index contributed by atoms with van der Waals surface area (Å²) in [6.07, 6.45) is 2.86. The fourth-order valence-corrected chi connectivity index (χ4v) is 3.09. The van der Waals surface area contributed by atoms with Gasteiger partial charge in [-0.1, -0.05) is 5.21 Å². The van der Waals surface area contributed by atoms with Gasteiger partial charge in [0.15, 0.2) is 6.29 Å². The summed E-state index contributed by atoms with van der Waals surface area (Å²) in [6, 6.07) is 12.2. The van der Waals surface area contributed by atoms with E-state index in [1.807, 2.05) is 6.07 Å². The van der Waals surface area contributed by atoms with Crippen LogP contribution in [0.3, 0.4) is 0 Å². The van der Waals surface area contributed by atoms with Crippen molar-refractivity contribution >= 4 is 22.9 Å². The second-order valence-corrected chi connectivity index (χ2v) is 7.01. The van der Waals surface area contributed by atoms with Gasteiger partial charge in [0, 0.05) is 42.6 Å². The van der Waals surface area contributed by atoms with Gasteiger partial charge in [-0.05, 0) is 24.3 Å². The Labute approximate surface area is 186 Å². The van der Waals surface area contributed by atoms with E-state index in [-0.39, 0.29) is 23.6 Å². The summed E-state index contributed by atoms with van der Waals surface area (Å²) in [4.78, 5) is 32.8. The van der Waals surface area contributed by atoms with E-state index in [9.17, 15) is 19.7 Å². The molecule has 0 saturated heterocycles. The average molecular weight is 450 g/mol. The number of aldehydes is 1. The highest BCUT2D eigenvalue weighted by atomic mass is 16.6. The van der Waals surface area contributed by atoms with E-state index in [2.05, 4.69) is 10.3 Å². The zero-order valence-electron chi connectivity index (χ0n) is 17.2. The molecule has 0 spiro atoms. The number of nitro groups is 1. The summed E-state index contributed by atoms with van der Waals surface area (Å²) in [7, 11) is 0. The highest BCUT2D eigenvalue weighted by molar-refractivity contribution is 5.80. The number of nitro benzene ring substituents is 1. The Hall–Kier alpha value is -4.54. The van der Waals surface area contributed by atoms with E-state index in [0.29, 0.717) is 42.9 Å². The van der Waals surface area contributed by atoms with E-state index in [4.69, 9.17) is 13.9 Å². The molecule has 0 bridgehead atoms. The molecule has 168 valence electrons. The summed E-state index contributed by atoms with van der Waals surface area (Å²) >= 11 is 0. The fourth-order valence-electron chi connectivity index (χ4n) is 3.09. The minimum Gasteiger partial charge on any atom is -0.493 e. The maximum absolute atomic E-state index is 11.3. The van der Waals surface area contributed by atoms with E-state index in [1.165, 1.54) is 18.2 Å². The van der Waals surface area contributed by atoms with Crippen molar-refractivity contribution in [3.05, 3.63) is 86.5 Å². The molecule has 0 aliphatic carbocycles.